The van der Waals surface area contributed by atoms with Crippen LogP contribution in [-0.2, 0) is 14.8 Å². The monoisotopic (exact) mass is 399 g/mol. The number of halogens is 1. The quantitative estimate of drug-likeness (QED) is 0.835. The van der Waals surface area contributed by atoms with Gasteiger partial charge in [-0.1, -0.05) is 17.7 Å². The van der Waals surface area contributed by atoms with Crippen LogP contribution < -0.4 is 9.62 Å². The van der Waals surface area contributed by atoms with Gasteiger partial charge in [0.1, 0.15) is 4.21 Å². The van der Waals surface area contributed by atoms with Crippen molar-refractivity contribution in [2.24, 2.45) is 0 Å². The molecule has 25 heavy (non-hydrogen) atoms. The van der Waals surface area contributed by atoms with Crippen LogP contribution in [0.3, 0.4) is 0 Å². The second-order valence-electron chi connectivity index (χ2n) is 5.60. The summed E-state index contributed by atoms with van der Waals surface area (Å²) < 4.78 is 26.7. The molecular formula is C16H18ClN3O3S2. The van der Waals surface area contributed by atoms with Crippen LogP contribution >= 0.6 is 22.9 Å². The van der Waals surface area contributed by atoms with E-state index in [4.69, 9.17) is 11.6 Å². The van der Waals surface area contributed by atoms with E-state index in [0.717, 1.165) is 17.0 Å². The highest BCUT2D eigenvalue weighted by Crippen LogP contribution is 2.19. The molecule has 1 aromatic heterocycles. The van der Waals surface area contributed by atoms with Crippen LogP contribution in [0.1, 0.15) is 0 Å². The zero-order chi connectivity index (χ0) is 17.9. The summed E-state index contributed by atoms with van der Waals surface area (Å²) in [6.45, 7) is 2.29. The Hall–Kier alpha value is -1.61. The molecule has 0 atom stereocenters. The van der Waals surface area contributed by atoms with Crippen molar-refractivity contribution in [1.29, 1.82) is 0 Å². The lowest BCUT2D eigenvalue weighted by Gasteiger charge is -2.36. The zero-order valence-corrected chi connectivity index (χ0v) is 15.8. The summed E-state index contributed by atoms with van der Waals surface area (Å²) in [6, 6.07) is 10.8. The third-order valence-corrected chi connectivity index (χ3v) is 7.05. The van der Waals surface area contributed by atoms with Gasteiger partial charge in [0, 0.05) is 36.9 Å². The Balaban J connectivity index is 1.51. The Kier molecular flexibility index (Phi) is 5.63. The molecule has 9 heteroatoms. The molecule has 1 fully saturated rings. The summed E-state index contributed by atoms with van der Waals surface area (Å²) in [6.07, 6.45) is 0. The van der Waals surface area contributed by atoms with Gasteiger partial charge in [-0.25, -0.2) is 13.1 Å². The maximum Gasteiger partial charge on any atom is 0.250 e. The second-order valence-corrected chi connectivity index (χ2v) is 8.98. The molecule has 2 heterocycles. The highest BCUT2D eigenvalue weighted by molar-refractivity contribution is 7.91. The Bertz CT molecular complexity index is 815. The number of amides is 1. The number of nitrogens with zero attached hydrogens (tertiary/aromatic N) is 2. The normalized spacial score (nSPS) is 15.4. The Morgan fingerprint density at radius 3 is 2.40 bits per heavy atom. The van der Waals surface area contributed by atoms with Crippen LogP contribution in [0.4, 0.5) is 5.69 Å². The van der Waals surface area contributed by atoms with Crippen molar-refractivity contribution in [3.8, 4) is 0 Å². The van der Waals surface area contributed by atoms with E-state index in [0.29, 0.717) is 31.2 Å². The maximum absolute atomic E-state index is 12.3. The number of carbonyl (C=O) groups excluding carboxylic acids is 1. The number of piperazine rings is 1. The van der Waals surface area contributed by atoms with E-state index in [9.17, 15) is 13.2 Å². The Morgan fingerprint density at radius 1 is 1.12 bits per heavy atom. The first-order valence-corrected chi connectivity index (χ1v) is 10.5. The van der Waals surface area contributed by atoms with Gasteiger partial charge in [0.05, 0.1) is 6.54 Å². The topological polar surface area (TPSA) is 69.7 Å². The first kappa shape index (κ1) is 18.2. The number of nitrogens with one attached hydrogen (secondary N) is 1. The van der Waals surface area contributed by atoms with Crippen molar-refractivity contribution in [2.75, 3.05) is 37.6 Å². The fourth-order valence-corrected chi connectivity index (χ4v) is 4.76. The van der Waals surface area contributed by atoms with Crippen molar-refractivity contribution in [2.45, 2.75) is 4.21 Å². The number of hydrogen-bond donors (Lipinski definition) is 1. The highest BCUT2D eigenvalue weighted by Gasteiger charge is 2.23. The number of benzene rings is 1. The first-order valence-electron chi connectivity index (χ1n) is 7.77. The van der Waals surface area contributed by atoms with E-state index < -0.39 is 10.0 Å². The average Bonchev–Trinajstić information content (AvgIpc) is 3.16. The van der Waals surface area contributed by atoms with Crippen molar-refractivity contribution in [3.05, 3.63) is 46.8 Å². The number of sulfonamides is 1. The molecule has 2 aromatic rings. The van der Waals surface area contributed by atoms with E-state index in [1.807, 2.05) is 24.3 Å². The van der Waals surface area contributed by atoms with Gasteiger partial charge in [0.15, 0.2) is 0 Å². The third-order valence-electron chi connectivity index (χ3n) is 4.00. The number of rotatable bonds is 5. The van der Waals surface area contributed by atoms with E-state index in [2.05, 4.69) is 9.62 Å². The lowest BCUT2D eigenvalue weighted by molar-refractivity contribution is -0.130. The summed E-state index contributed by atoms with van der Waals surface area (Å²) in [5, 5.41) is 2.38. The van der Waals surface area contributed by atoms with Gasteiger partial charge in [-0.3, -0.25) is 4.79 Å². The standard InChI is InChI=1S/C16H18ClN3O3S2/c17-13-3-5-14(6-4-13)19-7-9-20(10-8-19)15(21)12-18-25(22,23)16-2-1-11-24-16/h1-6,11,18H,7-10,12H2. The maximum atomic E-state index is 12.3. The molecule has 0 radical (unpaired) electrons. The smallest absolute Gasteiger partial charge is 0.250 e. The minimum Gasteiger partial charge on any atom is -0.368 e. The summed E-state index contributed by atoms with van der Waals surface area (Å²) >= 11 is 7.02. The molecule has 3 rings (SSSR count). The van der Waals surface area contributed by atoms with E-state index in [1.54, 1.807) is 16.3 Å². The summed E-state index contributed by atoms with van der Waals surface area (Å²) in [5.41, 5.74) is 1.06. The predicted molar refractivity (Wildman–Crippen MR) is 99.8 cm³/mol. The third kappa shape index (κ3) is 4.52. The highest BCUT2D eigenvalue weighted by atomic mass is 35.5. The summed E-state index contributed by atoms with van der Waals surface area (Å²) in [5.74, 6) is -0.212. The largest absolute Gasteiger partial charge is 0.368 e. The average molecular weight is 400 g/mol. The predicted octanol–water partition coefficient (Wildman–Crippen LogP) is 2.03. The van der Waals surface area contributed by atoms with Gasteiger partial charge in [0.25, 0.3) is 10.0 Å². The van der Waals surface area contributed by atoms with Crippen LogP contribution in [0.5, 0.6) is 0 Å². The number of hydrogen-bond acceptors (Lipinski definition) is 5. The molecule has 1 N–H and O–H groups in total. The molecule has 0 unspecified atom stereocenters. The van der Waals surface area contributed by atoms with Crippen LogP contribution in [0, 0.1) is 0 Å². The Labute approximate surface area is 156 Å². The van der Waals surface area contributed by atoms with Crippen LogP contribution in [0.2, 0.25) is 5.02 Å². The molecule has 134 valence electrons. The van der Waals surface area contributed by atoms with Crippen LogP contribution in [0.15, 0.2) is 46.0 Å². The fraction of sp³-hybridized carbons (Fsp3) is 0.312. The zero-order valence-electron chi connectivity index (χ0n) is 13.4. The van der Waals surface area contributed by atoms with Crippen molar-refractivity contribution < 1.29 is 13.2 Å². The molecule has 1 aliphatic heterocycles. The van der Waals surface area contributed by atoms with Gasteiger partial charge in [-0.2, -0.15) is 0 Å². The fourth-order valence-electron chi connectivity index (χ4n) is 2.62. The van der Waals surface area contributed by atoms with E-state index >= 15 is 0 Å². The van der Waals surface area contributed by atoms with Gasteiger partial charge in [-0.05, 0) is 35.7 Å². The lowest BCUT2D eigenvalue weighted by Crippen LogP contribution is -2.51. The Morgan fingerprint density at radius 2 is 1.80 bits per heavy atom. The molecule has 1 amide bonds. The lowest BCUT2D eigenvalue weighted by atomic mass is 10.2. The molecule has 0 aliphatic carbocycles. The van der Waals surface area contributed by atoms with E-state index in [-0.39, 0.29) is 16.7 Å². The van der Waals surface area contributed by atoms with Crippen LogP contribution in [0.25, 0.3) is 0 Å². The van der Waals surface area contributed by atoms with Crippen molar-refractivity contribution in [3.63, 3.8) is 0 Å². The van der Waals surface area contributed by atoms with Gasteiger partial charge in [0.2, 0.25) is 5.91 Å². The minimum absolute atomic E-state index is 0.212. The van der Waals surface area contributed by atoms with Gasteiger partial charge < -0.3 is 9.80 Å². The van der Waals surface area contributed by atoms with Gasteiger partial charge in [-0.15, -0.1) is 11.3 Å². The molecule has 0 saturated carbocycles. The van der Waals surface area contributed by atoms with Crippen LogP contribution in [-0.4, -0.2) is 51.9 Å². The molecular weight excluding hydrogens is 382 g/mol. The molecule has 0 bridgehead atoms. The number of thiophene rings is 1. The van der Waals surface area contributed by atoms with Crippen molar-refractivity contribution in [1.82, 2.24) is 9.62 Å². The van der Waals surface area contributed by atoms with Gasteiger partial charge >= 0.3 is 0 Å². The second kappa shape index (κ2) is 7.74. The number of anilines is 1. The summed E-state index contributed by atoms with van der Waals surface area (Å²) in [4.78, 5) is 16.1. The van der Waals surface area contributed by atoms with Crippen molar-refractivity contribution >= 4 is 44.6 Å². The molecule has 1 aromatic carbocycles. The molecule has 1 saturated heterocycles. The molecule has 6 nitrogen and oxygen atoms in total. The molecule has 1 aliphatic rings. The van der Waals surface area contributed by atoms with E-state index in [1.165, 1.54) is 6.07 Å². The number of carbonyl (C=O) groups is 1. The molecule has 0 spiro atoms. The summed E-state index contributed by atoms with van der Waals surface area (Å²) in [7, 11) is -3.61. The minimum atomic E-state index is -3.61. The first-order chi connectivity index (χ1) is 12.0. The SMILES string of the molecule is O=C(CNS(=O)(=O)c1cccs1)N1CCN(c2ccc(Cl)cc2)CC1.